The van der Waals surface area contributed by atoms with E-state index in [2.05, 4.69) is 66.8 Å². The Bertz CT molecular complexity index is 889. The van der Waals surface area contributed by atoms with Crippen molar-refractivity contribution >= 4 is 21.4 Å². The molecule has 2 aromatic heterocycles. The number of allylic oxidation sites excluding steroid dienone is 6. The lowest BCUT2D eigenvalue weighted by Crippen LogP contribution is -1.91. The summed E-state index contributed by atoms with van der Waals surface area (Å²) in [5, 5.41) is 1.32. The molecule has 0 radical (unpaired) electrons. The van der Waals surface area contributed by atoms with Gasteiger partial charge in [-0.15, -0.1) is 11.3 Å². The Kier molecular flexibility index (Phi) is 3.32. The smallest absolute Gasteiger partial charge is 0.144 e. The van der Waals surface area contributed by atoms with E-state index in [-0.39, 0.29) is 5.92 Å². The third kappa shape index (κ3) is 2.26. The van der Waals surface area contributed by atoms with Gasteiger partial charge in [-0.3, -0.25) is 0 Å². The summed E-state index contributed by atoms with van der Waals surface area (Å²) in [7, 11) is 0. The van der Waals surface area contributed by atoms with Crippen LogP contribution in [0.15, 0.2) is 77.3 Å². The highest BCUT2D eigenvalue weighted by Gasteiger charge is 2.20. The Morgan fingerprint density at radius 3 is 2.41 bits per heavy atom. The van der Waals surface area contributed by atoms with E-state index >= 15 is 0 Å². The third-order valence-corrected chi connectivity index (χ3v) is 5.10. The summed E-state index contributed by atoms with van der Waals surface area (Å²) in [6.07, 6.45) is 12.9. The largest absolute Gasteiger partial charge is 0.461 e. The molecule has 0 bridgehead atoms. The normalized spacial score (nSPS) is 14.8. The van der Waals surface area contributed by atoms with Gasteiger partial charge in [-0.05, 0) is 36.1 Å². The van der Waals surface area contributed by atoms with Crippen LogP contribution < -0.4 is 0 Å². The van der Waals surface area contributed by atoms with Gasteiger partial charge in [0.15, 0.2) is 0 Å². The highest BCUT2D eigenvalue weighted by atomic mass is 32.1. The molecule has 1 aliphatic rings. The van der Waals surface area contributed by atoms with Crippen molar-refractivity contribution in [2.75, 3.05) is 0 Å². The average molecular weight is 304 g/mol. The third-order valence-electron chi connectivity index (χ3n) is 3.90. The second-order valence-electron chi connectivity index (χ2n) is 5.43. The summed E-state index contributed by atoms with van der Waals surface area (Å²) >= 11 is 1.81. The predicted molar refractivity (Wildman–Crippen MR) is 94.4 cm³/mol. The Labute approximate surface area is 133 Å². The number of aryl methyl sites for hydroxylation is 1. The molecule has 3 aromatic rings. The molecule has 22 heavy (non-hydrogen) atoms. The van der Waals surface area contributed by atoms with E-state index in [0.717, 1.165) is 11.5 Å². The lowest BCUT2D eigenvalue weighted by atomic mass is 9.94. The minimum atomic E-state index is 0.270. The minimum Gasteiger partial charge on any atom is -0.461 e. The second kappa shape index (κ2) is 5.47. The standard InChI is InChI=1S/C20H16OS/c1-14-12-13-17(21-14)20-19(15-8-4-2-3-5-9-15)16-10-6-7-11-18(16)22-20/h2-13,15H,1H3. The number of fused-ring (bicyclic) bond motifs is 1. The van der Waals surface area contributed by atoms with Crippen molar-refractivity contribution in [2.45, 2.75) is 12.8 Å². The first-order valence-corrected chi connectivity index (χ1v) is 8.24. The highest BCUT2D eigenvalue weighted by molar-refractivity contribution is 7.22. The van der Waals surface area contributed by atoms with Gasteiger partial charge < -0.3 is 4.42 Å². The summed E-state index contributed by atoms with van der Waals surface area (Å²) < 4.78 is 7.21. The number of furan rings is 1. The van der Waals surface area contributed by atoms with Crippen LogP contribution in [0, 0.1) is 6.92 Å². The van der Waals surface area contributed by atoms with Gasteiger partial charge in [0.1, 0.15) is 11.5 Å². The van der Waals surface area contributed by atoms with Crippen LogP contribution in [0.4, 0.5) is 0 Å². The molecule has 0 saturated carbocycles. The molecule has 108 valence electrons. The topological polar surface area (TPSA) is 13.1 Å². The maximum Gasteiger partial charge on any atom is 0.144 e. The molecule has 1 nitrogen and oxygen atoms in total. The fourth-order valence-electron chi connectivity index (χ4n) is 2.89. The highest BCUT2D eigenvalue weighted by Crippen LogP contribution is 2.44. The molecule has 0 atom stereocenters. The van der Waals surface area contributed by atoms with Crippen LogP contribution in [-0.4, -0.2) is 0 Å². The van der Waals surface area contributed by atoms with E-state index in [1.54, 1.807) is 0 Å². The van der Waals surface area contributed by atoms with Crippen molar-refractivity contribution in [3.05, 3.63) is 84.2 Å². The molecule has 1 aliphatic carbocycles. The first kappa shape index (κ1) is 13.4. The van der Waals surface area contributed by atoms with Gasteiger partial charge in [0.05, 0.1) is 4.88 Å². The van der Waals surface area contributed by atoms with Crippen molar-refractivity contribution in [2.24, 2.45) is 0 Å². The van der Waals surface area contributed by atoms with E-state index in [1.165, 1.54) is 20.5 Å². The van der Waals surface area contributed by atoms with Crippen LogP contribution in [0.5, 0.6) is 0 Å². The van der Waals surface area contributed by atoms with E-state index in [9.17, 15) is 0 Å². The molecule has 0 saturated heterocycles. The van der Waals surface area contributed by atoms with Crippen molar-refractivity contribution in [1.82, 2.24) is 0 Å². The van der Waals surface area contributed by atoms with E-state index in [4.69, 9.17) is 4.42 Å². The zero-order valence-electron chi connectivity index (χ0n) is 12.3. The molecule has 1 aromatic carbocycles. The van der Waals surface area contributed by atoms with Gasteiger partial charge >= 0.3 is 0 Å². The van der Waals surface area contributed by atoms with Gasteiger partial charge in [-0.1, -0.05) is 54.7 Å². The monoisotopic (exact) mass is 304 g/mol. The van der Waals surface area contributed by atoms with E-state index in [1.807, 2.05) is 24.3 Å². The van der Waals surface area contributed by atoms with Crippen LogP contribution >= 0.6 is 11.3 Å². The SMILES string of the molecule is Cc1ccc(-c2sc3ccccc3c2C2C=CC=CC=C2)o1. The minimum absolute atomic E-state index is 0.270. The van der Waals surface area contributed by atoms with Gasteiger partial charge in [0.2, 0.25) is 0 Å². The van der Waals surface area contributed by atoms with Crippen LogP contribution in [0.1, 0.15) is 17.2 Å². The molecule has 0 amide bonds. The second-order valence-corrected chi connectivity index (χ2v) is 6.48. The van der Waals surface area contributed by atoms with E-state index in [0.29, 0.717) is 0 Å². The molecule has 4 rings (SSSR count). The van der Waals surface area contributed by atoms with Gasteiger partial charge in [0, 0.05) is 10.6 Å². The molecule has 2 heteroatoms. The van der Waals surface area contributed by atoms with Crippen molar-refractivity contribution < 1.29 is 4.42 Å². The van der Waals surface area contributed by atoms with Crippen molar-refractivity contribution in [3.8, 4) is 10.6 Å². The quantitative estimate of drug-likeness (QED) is 0.546. The van der Waals surface area contributed by atoms with Crippen LogP contribution in [0.25, 0.3) is 20.7 Å². The molecular weight excluding hydrogens is 288 g/mol. The first-order valence-electron chi connectivity index (χ1n) is 7.43. The Hall–Kier alpha value is -2.32. The number of hydrogen-bond donors (Lipinski definition) is 0. The first-order chi connectivity index (χ1) is 10.8. The number of thiophene rings is 1. The molecule has 0 aliphatic heterocycles. The van der Waals surface area contributed by atoms with Gasteiger partial charge in [-0.2, -0.15) is 0 Å². The van der Waals surface area contributed by atoms with E-state index < -0.39 is 0 Å². The Morgan fingerprint density at radius 1 is 0.909 bits per heavy atom. The zero-order chi connectivity index (χ0) is 14.9. The summed E-state index contributed by atoms with van der Waals surface area (Å²) in [6.45, 7) is 1.99. The van der Waals surface area contributed by atoms with Crippen LogP contribution in [0.2, 0.25) is 0 Å². The zero-order valence-corrected chi connectivity index (χ0v) is 13.1. The maximum atomic E-state index is 5.91. The lowest BCUT2D eigenvalue weighted by molar-refractivity contribution is 0.549. The van der Waals surface area contributed by atoms with Gasteiger partial charge in [-0.25, -0.2) is 0 Å². The fraction of sp³-hybridized carbons (Fsp3) is 0.100. The van der Waals surface area contributed by atoms with Crippen molar-refractivity contribution in [3.63, 3.8) is 0 Å². The van der Waals surface area contributed by atoms with Crippen LogP contribution in [-0.2, 0) is 0 Å². The van der Waals surface area contributed by atoms with Crippen molar-refractivity contribution in [1.29, 1.82) is 0 Å². The Balaban J connectivity index is 1.98. The average Bonchev–Trinajstić information content (AvgIpc) is 3.02. The van der Waals surface area contributed by atoms with Crippen LogP contribution in [0.3, 0.4) is 0 Å². The predicted octanol–water partition coefficient (Wildman–Crippen LogP) is 6.24. The molecule has 2 heterocycles. The molecule has 0 spiro atoms. The number of rotatable bonds is 2. The lowest BCUT2D eigenvalue weighted by Gasteiger charge is -2.09. The molecule has 0 unspecified atom stereocenters. The molecule has 0 N–H and O–H groups in total. The summed E-state index contributed by atoms with van der Waals surface area (Å²) in [5.74, 6) is 2.19. The number of benzene rings is 1. The molecular formula is C20H16OS. The Morgan fingerprint density at radius 2 is 1.68 bits per heavy atom. The maximum absolute atomic E-state index is 5.91. The summed E-state index contributed by atoms with van der Waals surface area (Å²) in [5.41, 5.74) is 1.34. The summed E-state index contributed by atoms with van der Waals surface area (Å²) in [6, 6.07) is 12.7. The van der Waals surface area contributed by atoms with Gasteiger partial charge in [0.25, 0.3) is 0 Å². The number of hydrogen-bond acceptors (Lipinski definition) is 2. The fourth-order valence-corrected chi connectivity index (χ4v) is 4.11. The molecule has 0 fully saturated rings. The summed E-state index contributed by atoms with van der Waals surface area (Å²) in [4.78, 5) is 1.23.